The van der Waals surface area contributed by atoms with Crippen molar-refractivity contribution in [2.75, 3.05) is 17.5 Å². The van der Waals surface area contributed by atoms with Crippen LogP contribution in [0.3, 0.4) is 0 Å². The number of sulfonamides is 1. The molecule has 1 saturated carbocycles. The maximum absolute atomic E-state index is 11.2. The first kappa shape index (κ1) is 13.4. The molecule has 3 N–H and O–H groups in total. The molecule has 0 heterocycles. The normalized spacial score (nSPS) is 18.8. The van der Waals surface area contributed by atoms with Crippen molar-refractivity contribution < 1.29 is 8.42 Å². The molecule has 1 aromatic carbocycles. The van der Waals surface area contributed by atoms with Crippen molar-refractivity contribution in [3.05, 3.63) is 29.8 Å². The maximum Gasteiger partial charge on any atom is 0.229 e. The third kappa shape index (κ3) is 2.84. The lowest BCUT2D eigenvalue weighted by atomic mass is 9.79. The second-order valence-electron chi connectivity index (χ2n) is 5.15. The van der Waals surface area contributed by atoms with Crippen LogP contribution in [0.5, 0.6) is 0 Å². The average Bonchev–Trinajstić information content (AvgIpc) is 2.77. The van der Waals surface area contributed by atoms with Gasteiger partial charge in [-0.05, 0) is 30.5 Å². The molecule has 1 fully saturated rings. The van der Waals surface area contributed by atoms with Gasteiger partial charge in [-0.25, -0.2) is 8.42 Å². The van der Waals surface area contributed by atoms with Crippen LogP contribution >= 0.6 is 0 Å². The summed E-state index contributed by atoms with van der Waals surface area (Å²) in [5.41, 5.74) is 7.75. The molecule has 0 amide bonds. The Labute approximate surface area is 109 Å². The molecule has 0 unspecified atom stereocenters. The van der Waals surface area contributed by atoms with Crippen LogP contribution in [0, 0.1) is 0 Å². The van der Waals surface area contributed by atoms with Crippen LogP contribution in [-0.2, 0) is 15.4 Å². The second-order valence-corrected chi connectivity index (χ2v) is 6.90. The molecule has 5 heteroatoms. The van der Waals surface area contributed by atoms with E-state index in [-0.39, 0.29) is 5.41 Å². The van der Waals surface area contributed by atoms with Crippen LogP contribution in [0.2, 0.25) is 0 Å². The Morgan fingerprint density at radius 2 is 2.00 bits per heavy atom. The summed E-state index contributed by atoms with van der Waals surface area (Å²) in [6.45, 7) is 0.620. The van der Waals surface area contributed by atoms with Crippen LogP contribution < -0.4 is 10.5 Å². The number of benzene rings is 1. The van der Waals surface area contributed by atoms with Gasteiger partial charge in [0.2, 0.25) is 10.0 Å². The van der Waals surface area contributed by atoms with E-state index in [2.05, 4.69) is 4.72 Å². The highest BCUT2D eigenvalue weighted by Crippen LogP contribution is 2.40. The summed E-state index contributed by atoms with van der Waals surface area (Å²) in [6, 6.07) is 7.62. The van der Waals surface area contributed by atoms with Gasteiger partial charge in [-0.3, -0.25) is 4.72 Å². The molecule has 18 heavy (non-hydrogen) atoms. The summed E-state index contributed by atoms with van der Waals surface area (Å²) in [7, 11) is -3.23. The van der Waals surface area contributed by atoms with E-state index in [1.54, 1.807) is 6.07 Å². The SMILES string of the molecule is CS(=O)(=O)Nc1cccc(C2(CN)CCCC2)c1. The molecule has 0 aliphatic heterocycles. The van der Waals surface area contributed by atoms with Gasteiger partial charge < -0.3 is 5.73 Å². The Bertz CT molecular complexity index is 520. The topological polar surface area (TPSA) is 72.2 Å². The Balaban J connectivity index is 2.32. The lowest BCUT2D eigenvalue weighted by Crippen LogP contribution is -2.32. The molecule has 100 valence electrons. The lowest BCUT2D eigenvalue weighted by Gasteiger charge is -2.28. The van der Waals surface area contributed by atoms with Crippen LogP contribution in [0.4, 0.5) is 5.69 Å². The molecule has 0 radical (unpaired) electrons. The molecule has 1 aliphatic carbocycles. The van der Waals surface area contributed by atoms with Crippen molar-refractivity contribution in [1.82, 2.24) is 0 Å². The Hall–Kier alpha value is -1.07. The Morgan fingerprint density at radius 1 is 1.33 bits per heavy atom. The first-order valence-corrected chi connectivity index (χ1v) is 8.13. The van der Waals surface area contributed by atoms with Gasteiger partial charge in [0.25, 0.3) is 0 Å². The predicted molar refractivity (Wildman–Crippen MR) is 74.1 cm³/mol. The fourth-order valence-corrected chi connectivity index (χ4v) is 3.34. The van der Waals surface area contributed by atoms with Gasteiger partial charge in [0, 0.05) is 17.6 Å². The van der Waals surface area contributed by atoms with E-state index in [1.807, 2.05) is 18.2 Å². The van der Waals surface area contributed by atoms with Crippen molar-refractivity contribution in [2.45, 2.75) is 31.1 Å². The summed E-state index contributed by atoms with van der Waals surface area (Å²) in [5, 5.41) is 0. The second kappa shape index (κ2) is 4.90. The van der Waals surface area contributed by atoms with Crippen LogP contribution in [0.15, 0.2) is 24.3 Å². The molecule has 0 spiro atoms. The molecular weight excluding hydrogens is 248 g/mol. The zero-order chi connectivity index (χ0) is 13.2. The summed E-state index contributed by atoms with van der Waals surface area (Å²) in [6.07, 6.45) is 5.73. The van der Waals surface area contributed by atoms with Gasteiger partial charge >= 0.3 is 0 Å². The number of nitrogens with two attached hydrogens (primary N) is 1. The fourth-order valence-electron chi connectivity index (χ4n) is 2.79. The first-order chi connectivity index (χ1) is 8.45. The third-order valence-electron chi connectivity index (χ3n) is 3.73. The van der Waals surface area contributed by atoms with Crippen molar-refractivity contribution >= 4 is 15.7 Å². The van der Waals surface area contributed by atoms with Crippen molar-refractivity contribution in [1.29, 1.82) is 0 Å². The molecule has 1 aliphatic rings. The Morgan fingerprint density at radius 3 is 2.56 bits per heavy atom. The molecule has 1 aromatic rings. The maximum atomic E-state index is 11.2. The van der Waals surface area contributed by atoms with E-state index < -0.39 is 10.0 Å². The number of hydrogen-bond donors (Lipinski definition) is 2. The highest BCUT2D eigenvalue weighted by Gasteiger charge is 2.34. The van der Waals surface area contributed by atoms with Crippen molar-refractivity contribution in [3.8, 4) is 0 Å². The first-order valence-electron chi connectivity index (χ1n) is 6.24. The average molecular weight is 268 g/mol. The van der Waals surface area contributed by atoms with E-state index in [9.17, 15) is 8.42 Å². The molecule has 2 rings (SSSR count). The number of rotatable bonds is 4. The van der Waals surface area contributed by atoms with Crippen LogP contribution in [0.1, 0.15) is 31.2 Å². The summed E-state index contributed by atoms with van der Waals surface area (Å²) in [4.78, 5) is 0. The zero-order valence-electron chi connectivity index (χ0n) is 10.6. The molecule has 0 bridgehead atoms. The lowest BCUT2D eigenvalue weighted by molar-refractivity contribution is 0.453. The minimum absolute atomic E-state index is 0.0369. The highest BCUT2D eigenvalue weighted by atomic mass is 32.2. The van der Waals surface area contributed by atoms with Gasteiger partial charge in [-0.15, -0.1) is 0 Å². The van der Waals surface area contributed by atoms with E-state index in [4.69, 9.17) is 5.73 Å². The minimum atomic E-state index is -3.23. The van der Waals surface area contributed by atoms with Crippen molar-refractivity contribution in [2.24, 2.45) is 5.73 Å². The van der Waals surface area contributed by atoms with Gasteiger partial charge in [0.1, 0.15) is 0 Å². The van der Waals surface area contributed by atoms with Gasteiger partial charge in [0.05, 0.1) is 6.26 Å². The predicted octanol–water partition coefficient (Wildman–Crippen LogP) is 1.83. The van der Waals surface area contributed by atoms with E-state index in [1.165, 1.54) is 12.8 Å². The largest absolute Gasteiger partial charge is 0.330 e. The van der Waals surface area contributed by atoms with E-state index in [0.717, 1.165) is 24.7 Å². The summed E-state index contributed by atoms with van der Waals surface area (Å²) < 4.78 is 25.0. The van der Waals surface area contributed by atoms with Crippen LogP contribution in [0.25, 0.3) is 0 Å². The monoisotopic (exact) mass is 268 g/mol. The third-order valence-corrected chi connectivity index (χ3v) is 4.34. The zero-order valence-corrected chi connectivity index (χ0v) is 11.5. The van der Waals surface area contributed by atoms with Gasteiger partial charge in [-0.1, -0.05) is 25.0 Å². The van der Waals surface area contributed by atoms with Crippen LogP contribution in [-0.4, -0.2) is 21.2 Å². The highest BCUT2D eigenvalue weighted by molar-refractivity contribution is 7.92. The smallest absolute Gasteiger partial charge is 0.229 e. The van der Waals surface area contributed by atoms with Crippen molar-refractivity contribution in [3.63, 3.8) is 0 Å². The Kier molecular flexibility index (Phi) is 3.64. The van der Waals surface area contributed by atoms with E-state index >= 15 is 0 Å². The molecule has 0 saturated heterocycles. The standard InChI is InChI=1S/C13H20N2O2S/c1-18(16,17)15-12-6-4-5-11(9-12)13(10-14)7-2-3-8-13/h4-6,9,15H,2-3,7-8,10,14H2,1H3. The molecule has 0 atom stereocenters. The number of hydrogen-bond acceptors (Lipinski definition) is 3. The fraction of sp³-hybridized carbons (Fsp3) is 0.538. The molecular formula is C13H20N2O2S. The molecule has 0 aromatic heterocycles. The summed E-state index contributed by atoms with van der Waals surface area (Å²) in [5.74, 6) is 0. The van der Waals surface area contributed by atoms with Gasteiger partial charge in [-0.2, -0.15) is 0 Å². The number of nitrogens with one attached hydrogen (secondary N) is 1. The van der Waals surface area contributed by atoms with Gasteiger partial charge in [0.15, 0.2) is 0 Å². The quantitative estimate of drug-likeness (QED) is 0.875. The minimum Gasteiger partial charge on any atom is -0.330 e. The molecule has 4 nitrogen and oxygen atoms in total. The summed E-state index contributed by atoms with van der Waals surface area (Å²) >= 11 is 0. The van der Waals surface area contributed by atoms with E-state index in [0.29, 0.717) is 12.2 Å². The number of anilines is 1.